The Morgan fingerprint density at radius 3 is 2.46 bits per heavy atom. The third-order valence-corrected chi connectivity index (χ3v) is 1.82. The van der Waals surface area contributed by atoms with Crippen molar-refractivity contribution >= 4 is 5.69 Å². The lowest BCUT2D eigenvalue weighted by molar-refractivity contribution is -0.00654. The number of nitrogens with zero attached hydrogens (tertiary/aromatic N) is 3. The highest BCUT2D eigenvalue weighted by atomic mass is 16.6. The van der Waals surface area contributed by atoms with Crippen molar-refractivity contribution in [3.63, 3.8) is 0 Å². The second-order valence-corrected chi connectivity index (χ2v) is 2.55. The Kier molecular flexibility index (Phi) is 1.09. The molecule has 0 saturated carbocycles. The molecule has 8 nitrogen and oxygen atoms in total. The van der Waals surface area contributed by atoms with Crippen LogP contribution in [0, 0.1) is 5.41 Å². The normalized spacial score (nSPS) is 11.1. The van der Waals surface area contributed by atoms with Crippen LogP contribution in [0.25, 0.3) is 11.4 Å². The van der Waals surface area contributed by atoms with E-state index in [2.05, 4.69) is 0 Å². The second-order valence-electron chi connectivity index (χ2n) is 2.55. The molecule has 0 aromatic heterocycles. The Morgan fingerprint density at radius 1 is 1.31 bits per heavy atom. The molecule has 0 spiro atoms. The van der Waals surface area contributed by atoms with Crippen molar-refractivity contribution in [3.05, 3.63) is 11.7 Å². The number of nitrogens with two attached hydrogens (primary N) is 1. The van der Waals surface area contributed by atoms with Gasteiger partial charge in [0.05, 0.1) is 6.20 Å². The van der Waals surface area contributed by atoms with Crippen molar-refractivity contribution < 1.29 is 15.6 Å². The van der Waals surface area contributed by atoms with E-state index in [0.717, 1.165) is 6.20 Å². The molecule has 0 saturated heterocycles. The van der Waals surface area contributed by atoms with E-state index in [1.807, 2.05) is 0 Å². The number of nitrogen functional groups attached to an aromatic ring is 1. The van der Waals surface area contributed by atoms with Crippen LogP contribution in [0.2, 0.25) is 0 Å². The van der Waals surface area contributed by atoms with Gasteiger partial charge in [-0.1, -0.05) is 9.69 Å². The van der Waals surface area contributed by atoms with Crippen LogP contribution in [0.5, 0.6) is 0 Å². The molecule has 2 heterocycles. The van der Waals surface area contributed by atoms with Crippen molar-refractivity contribution in [3.8, 4) is 11.4 Å². The van der Waals surface area contributed by atoms with E-state index in [0.29, 0.717) is 14.4 Å². The van der Waals surface area contributed by atoms with E-state index in [-0.39, 0.29) is 22.6 Å². The lowest BCUT2D eigenvalue weighted by atomic mass is 10.3. The summed E-state index contributed by atoms with van der Waals surface area (Å²) in [4.78, 5) is 0.669. The molecule has 0 bridgehead atoms. The number of fused-ring (bicyclic) bond motifs is 1. The fraction of sp³-hybridized carbons (Fsp3) is 0. The summed E-state index contributed by atoms with van der Waals surface area (Å²) in [5.41, 5.74) is 4.95. The SMILES string of the molecule is N=c1c(N)c2n(O)n(O)cc-2n1O. The second kappa shape index (κ2) is 1.91. The molecular weight excluding hydrogens is 178 g/mol. The van der Waals surface area contributed by atoms with Crippen molar-refractivity contribution in [2.75, 3.05) is 5.73 Å². The van der Waals surface area contributed by atoms with Gasteiger partial charge in [-0.25, -0.2) is 0 Å². The topological polar surface area (TPSA) is 125 Å². The number of hydrogen-bond acceptors (Lipinski definition) is 5. The molecule has 0 atom stereocenters. The maximum atomic E-state index is 9.22. The Balaban J connectivity index is 2.98. The average Bonchev–Trinajstić information content (AvgIpc) is 2.48. The number of rotatable bonds is 0. The van der Waals surface area contributed by atoms with Crippen LogP contribution in [0.3, 0.4) is 0 Å². The Morgan fingerprint density at radius 2 is 1.92 bits per heavy atom. The predicted octanol–water partition coefficient (Wildman–Crippen LogP) is -1.03. The third-order valence-electron chi connectivity index (χ3n) is 1.82. The minimum atomic E-state index is -0.339. The largest absolute Gasteiger partial charge is 0.426 e. The molecule has 0 unspecified atom stereocenters. The van der Waals surface area contributed by atoms with Crippen LogP contribution in [0.15, 0.2) is 6.20 Å². The van der Waals surface area contributed by atoms with Gasteiger partial charge in [-0.2, -0.15) is 4.73 Å². The zero-order valence-electron chi connectivity index (χ0n) is 6.34. The Hall–Kier alpha value is -2.25. The maximum Gasteiger partial charge on any atom is 0.187 e. The molecule has 6 N–H and O–H groups in total. The molecule has 2 rings (SSSR count). The lowest BCUT2D eigenvalue weighted by Gasteiger charge is -1.97. The van der Waals surface area contributed by atoms with Crippen LogP contribution in [0.4, 0.5) is 5.69 Å². The number of aromatic nitrogens is 3. The van der Waals surface area contributed by atoms with Crippen molar-refractivity contribution in [1.29, 1.82) is 5.41 Å². The number of anilines is 1. The quantitative estimate of drug-likeness (QED) is 0.336. The van der Waals surface area contributed by atoms with Gasteiger partial charge in [0.25, 0.3) is 0 Å². The first-order valence-corrected chi connectivity index (χ1v) is 3.31. The average molecular weight is 185 g/mol. The van der Waals surface area contributed by atoms with Gasteiger partial charge >= 0.3 is 0 Å². The highest BCUT2D eigenvalue weighted by Gasteiger charge is 2.24. The van der Waals surface area contributed by atoms with Crippen LogP contribution >= 0.6 is 0 Å². The van der Waals surface area contributed by atoms with Gasteiger partial charge in [0.1, 0.15) is 11.4 Å². The number of nitrogens with one attached hydrogen (secondary N) is 1. The molecular formula is C5H7N5O3. The fourth-order valence-electron chi connectivity index (χ4n) is 1.18. The Labute approximate surface area is 71.0 Å². The fourth-order valence-corrected chi connectivity index (χ4v) is 1.18. The molecule has 0 aromatic rings. The highest BCUT2D eigenvalue weighted by molar-refractivity contribution is 5.71. The van der Waals surface area contributed by atoms with Gasteiger partial charge in [0.15, 0.2) is 11.2 Å². The molecule has 0 amide bonds. The summed E-state index contributed by atoms with van der Waals surface area (Å²) in [7, 11) is 0. The number of hydrogen-bond donors (Lipinski definition) is 5. The zero-order chi connectivity index (χ0) is 9.75. The molecule has 0 fully saturated rings. The van der Waals surface area contributed by atoms with Crippen LogP contribution in [-0.2, 0) is 0 Å². The summed E-state index contributed by atoms with van der Waals surface area (Å²) in [5, 5.41) is 34.6. The molecule has 0 radical (unpaired) electrons. The molecule has 2 aliphatic rings. The van der Waals surface area contributed by atoms with Gasteiger partial charge < -0.3 is 21.4 Å². The monoisotopic (exact) mass is 185 g/mol. The van der Waals surface area contributed by atoms with Crippen molar-refractivity contribution in [2.24, 2.45) is 0 Å². The summed E-state index contributed by atoms with van der Waals surface area (Å²) in [6, 6.07) is 0. The maximum absolute atomic E-state index is 9.22. The van der Waals surface area contributed by atoms with E-state index in [1.165, 1.54) is 0 Å². The third kappa shape index (κ3) is 0.662. The lowest BCUT2D eigenvalue weighted by Crippen LogP contribution is -2.15. The van der Waals surface area contributed by atoms with Crippen LogP contribution < -0.4 is 11.2 Å². The van der Waals surface area contributed by atoms with E-state index < -0.39 is 0 Å². The van der Waals surface area contributed by atoms with E-state index >= 15 is 0 Å². The van der Waals surface area contributed by atoms with Gasteiger partial charge in [-0.15, -0.1) is 0 Å². The molecule has 70 valence electrons. The van der Waals surface area contributed by atoms with Crippen molar-refractivity contribution in [2.45, 2.75) is 0 Å². The van der Waals surface area contributed by atoms with E-state index in [1.54, 1.807) is 0 Å². The van der Waals surface area contributed by atoms with E-state index in [4.69, 9.17) is 21.6 Å². The predicted molar refractivity (Wildman–Crippen MR) is 38.9 cm³/mol. The van der Waals surface area contributed by atoms with Crippen LogP contribution in [-0.4, -0.2) is 30.0 Å². The molecule has 0 aliphatic carbocycles. The Bertz CT molecular complexity index is 491. The standard InChI is InChI=1S/C5H7N5O3/c6-3-4-2(9(12)5(3)7)1-8(11)10(4)13/h1,7,11-13H,6H2. The first kappa shape index (κ1) is 7.40. The molecule has 13 heavy (non-hydrogen) atoms. The summed E-state index contributed by atoms with van der Waals surface area (Å²) in [6.45, 7) is 0. The summed E-state index contributed by atoms with van der Waals surface area (Å²) in [6.07, 6.45) is 1.02. The minimum Gasteiger partial charge on any atom is -0.426 e. The molecule has 0 aromatic carbocycles. The van der Waals surface area contributed by atoms with E-state index in [9.17, 15) is 5.21 Å². The highest BCUT2D eigenvalue weighted by Crippen LogP contribution is 2.24. The van der Waals surface area contributed by atoms with Gasteiger partial charge in [0, 0.05) is 0 Å². The molecule has 8 heteroatoms. The molecule has 2 aliphatic heterocycles. The zero-order valence-corrected chi connectivity index (χ0v) is 6.34. The van der Waals surface area contributed by atoms with Gasteiger partial charge in [-0.3, -0.25) is 5.41 Å². The summed E-state index contributed by atoms with van der Waals surface area (Å²) < 4.78 is 0.462. The minimum absolute atomic E-state index is 0.0185. The van der Waals surface area contributed by atoms with Gasteiger partial charge in [-0.05, 0) is 0 Å². The first-order valence-electron chi connectivity index (χ1n) is 3.31. The smallest absolute Gasteiger partial charge is 0.187 e. The van der Waals surface area contributed by atoms with Crippen molar-refractivity contribution in [1.82, 2.24) is 14.4 Å². The van der Waals surface area contributed by atoms with Gasteiger partial charge in [0.2, 0.25) is 0 Å². The summed E-state index contributed by atoms with van der Waals surface area (Å²) >= 11 is 0. The van der Waals surface area contributed by atoms with Crippen LogP contribution in [0.1, 0.15) is 0 Å². The summed E-state index contributed by atoms with van der Waals surface area (Å²) in [5.74, 6) is 0. The first-order chi connectivity index (χ1) is 6.04.